The highest BCUT2D eigenvalue weighted by molar-refractivity contribution is 7.22. The van der Waals surface area contributed by atoms with Crippen LogP contribution in [0.15, 0.2) is 48.5 Å². The third-order valence-electron chi connectivity index (χ3n) is 3.90. The summed E-state index contributed by atoms with van der Waals surface area (Å²) in [7, 11) is 1.62. The lowest BCUT2D eigenvalue weighted by molar-refractivity contribution is 0.146. The quantitative estimate of drug-likeness (QED) is 0.623. The second kappa shape index (κ2) is 9.38. The van der Waals surface area contributed by atoms with Crippen LogP contribution in [0.3, 0.4) is 0 Å². The summed E-state index contributed by atoms with van der Waals surface area (Å²) in [5, 5.41) is 6.44. The second-order valence-electron chi connectivity index (χ2n) is 5.92. The van der Waals surface area contributed by atoms with Gasteiger partial charge in [-0.3, -0.25) is 5.32 Å². The number of para-hydroxylation sites is 1. The normalized spacial score (nSPS) is 10.5. The number of carbonyl (C=O) groups excluding carboxylic acids is 2. The Bertz CT molecular complexity index is 945. The number of aromatic nitrogens is 1. The molecule has 0 aliphatic heterocycles. The fourth-order valence-corrected chi connectivity index (χ4v) is 3.43. The SMILES string of the molecule is CN(CCOC(=O)Nc1nc2ccccc2s1)C(=O)NCc1ccccc1Cl. The highest BCUT2D eigenvalue weighted by Crippen LogP contribution is 2.25. The fourth-order valence-electron chi connectivity index (χ4n) is 2.37. The van der Waals surface area contributed by atoms with Crippen molar-refractivity contribution >= 4 is 50.4 Å². The highest BCUT2D eigenvalue weighted by Gasteiger charge is 2.11. The number of nitrogens with zero attached hydrogens (tertiary/aromatic N) is 2. The number of thiazole rings is 1. The summed E-state index contributed by atoms with van der Waals surface area (Å²) < 4.78 is 6.10. The number of fused-ring (bicyclic) bond motifs is 1. The molecule has 9 heteroatoms. The van der Waals surface area contributed by atoms with Crippen molar-refractivity contribution in [3.8, 4) is 0 Å². The first kappa shape index (κ1) is 19.9. The van der Waals surface area contributed by atoms with Crippen LogP contribution in [0.1, 0.15) is 5.56 Å². The molecular weight excluding hydrogens is 400 g/mol. The summed E-state index contributed by atoms with van der Waals surface area (Å²) >= 11 is 7.43. The first-order valence-electron chi connectivity index (χ1n) is 8.54. The molecule has 0 bridgehead atoms. The molecule has 3 rings (SSSR count). The number of carbonyl (C=O) groups is 2. The zero-order chi connectivity index (χ0) is 19.9. The van der Waals surface area contributed by atoms with Gasteiger partial charge in [0.2, 0.25) is 0 Å². The van der Waals surface area contributed by atoms with Crippen molar-refractivity contribution in [2.75, 3.05) is 25.5 Å². The number of nitrogens with one attached hydrogen (secondary N) is 2. The van der Waals surface area contributed by atoms with E-state index in [2.05, 4.69) is 15.6 Å². The monoisotopic (exact) mass is 418 g/mol. The minimum atomic E-state index is -0.607. The van der Waals surface area contributed by atoms with E-state index in [0.717, 1.165) is 15.8 Å². The molecule has 0 unspecified atom stereocenters. The number of urea groups is 1. The molecule has 3 aromatic rings. The molecule has 28 heavy (non-hydrogen) atoms. The molecule has 0 atom stereocenters. The van der Waals surface area contributed by atoms with Crippen molar-refractivity contribution in [3.63, 3.8) is 0 Å². The van der Waals surface area contributed by atoms with E-state index in [9.17, 15) is 9.59 Å². The molecule has 0 spiro atoms. The number of hydrogen-bond acceptors (Lipinski definition) is 5. The van der Waals surface area contributed by atoms with Gasteiger partial charge in [0.1, 0.15) is 6.61 Å². The van der Waals surface area contributed by atoms with Crippen LogP contribution in [-0.4, -0.2) is 42.2 Å². The molecule has 7 nitrogen and oxygen atoms in total. The van der Waals surface area contributed by atoms with Gasteiger partial charge in [0.15, 0.2) is 5.13 Å². The summed E-state index contributed by atoms with van der Waals surface area (Å²) in [5.74, 6) is 0. The Morgan fingerprint density at radius 2 is 1.93 bits per heavy atom. The van der Waals surface area contributed by atoms with Crippen molar-refractivity contribution < 1.29 is 14.3 Å². The summed E-state index contributed by atoms with van der Waals surface area (Å²) in [6.07, 6.45) is -0.607. The van der Waals surface area contributed by atoms with Crippen molar-refractivity contribution in [1.82, 2.24) is 15.2 Å². The first-order chi connectivity index (χ1) is 13.5. The number of likely N-dealkylation sites (N-methyl/N-ethyl adjacent to an activating group) is 1. The van der Waals surface area contributed by atoms with Gasteiger partial charge in [0.25, 0.3) is 0 Å². The van der Waals surface area contributed by atoms with Crippen LogP contribution in [-0.2, 0) is 11.3 Å². The zero-order valence-electron chi connectivity index (χ0n) is 15.1. The Hall–Kier alpha value is -2.84. The number of hydrogen-bond donors (Lipinski definition) is 2. The van der Waals surface area contributed by atoms with E-state index in [1.54, 1.807) is 13.1 Å². The minimum Gasteiger partial charge on any atom is -0.447 e. The Kier molecular flexibility index (Phi) is 6.67. The Morgan fingerprint density at radius 3 is 2.71 bits per heavy atom. The number of anilines is 1. The molecule has 2 N–H and O–H groups in total. The maximum absolute atomic E-state index is 12.1. The molecule has 0 saturated carbocycles. The number of benzene rings is 2. The van der Waals surface area contributed by atoms with E-state index in [1.165, 1.54) is 16.2 Å². The standard InChI is InChI=1S/C19H19ClN4O3S/c1-24(18(25)21-12-13-6-2-3-7-14(13)20)10-11-27-19(26)23-17-22-15-8-4-5-9-16(15)28-17/h2-9H,10-12H2,1H3,(H,21,25)(H,22,23,26). The summed E-state index contributed by atoms with van der Waals surface area (Å²) in [5.41, 5.74) is 1.65. The molecule has 1 heterocycles. The lowest BCUT2D eigenvalue weighted by Gasteiger charge is -2.18. The molecular formula is C19H19ClN4O3S. The molecule has 146 valence electrons. The third-order valence-corrected chi connectivity index (χ3v) is 5.22. The van der Waals surface area contributed by atoms with E-state index >= 15 is 0 Å². The van der Waals surface area contributed by atoms with Gasteiger partial charge in [-0.25, -0.2) is 14.6 Å². The zero-order valence-corrected chi connectivity index (χ0v) is 16.7. The molecule has 3 amide bonds. The predicted octanol–water partition coefficient (Wildman–Crippen LogP) is 4.34. The maximum Gasteiger partial charge on any atom is 0.413 e. The van der Waals surface area contributed by atoms with E-state index in [1.807, 2.05) is 42.5 Å². The van der Waals surface area contributed by atoms with Crippen LogP contribution in [0.25, 0.3) is 10.2 Å². The average Bonchev–Trinajstić information content (AvgIpc) is 3.09. The summed E-state index contributed by atoms with van der Waals surface area (Å²) in [4.78, 5) is 29.7. The highest BCUT2D eigenvalue weighted by atomic mass is 35.5. The summed E-state index contributed by atoms with van der Waals surface area (Å²) in [6.45, 7) is 0.635. The van der Waals surface area contributed by atoms with E-state index in [4.69, 9.17) is 16.3 Å². The number of rotatable bonds is 6. The van der Waals surface area contributed by atoms with Gasteiger partial charge in [0, 0.05) is 18.6 Å². The van der Waals surface area contributed by atoms with Crippen LogP contribution in [0.5, 0.6) is 0 Å². The molecule has 1 aromatic heterocycles. The van der Waals surface area contributed by atoms with Gasteiger partial charge in [0.05, 0.1) is 16.8 Å². The van der Waals surface area contributed by atoms with Gasteiger partial charge in [-0.05, 0) is 23.8 Å². The Balaban J connectivity index is 1.39. The van der Waals surface area contributed by atoms with Crippen LogP contribution in [0, 0.1) is 0 Å². The molecule has 0 saturated heterocycles. The van der Waals surface area contributed by atoms with Gasteiger partial charge >= 0.3 is 12.1 Å². The third kappa shape index (κ3) is 5.34. The van der Waals surface area contributed by atoms with Crippen LogP contribution in [0.2, 0.25) is 5.02 Å². The predicted molar refractivity (Wildman–Crippen MR) is 111 cm³/mol. The van der Waals surface area contributed by atoms with Crippen LogP contribution < -0.4 is 10.6 Å². The maximum atomic E-state index is 12.1. The van der Waals surface area contributed by atoms with E-state index in [-0.39, 0.29) is 19.2 Å². The smallest absolute Gasteiger partial charge is 0.413 e. The number of ether oxygens (including phenoxy) is 1. The average molecular weight is 419 g/mol. The molecule has 0 aliphatic rings. The fraction of sp³-hybridized carbons (Fsp3) is 0.211. The first-order valence-corrected chi connectivity index (χ1v) is 9.74. The van der Waals surface area contributed by atoms with Crippen LogP contribution >= 0.6 is 22.9 Å². The van der Waals surface area contributed by atoms with Crippen LogP contribution in [0.4, 0.5) is 14.7 Å². The Morgan fingerprint density at radius 1 is 1.18 bits per heavy atom. The topological polar surface area (TPSA) is 83.6 Å². The molecule has 0 aliphatic carbocycles. The van der Waals surface area contributed by atoms with Gasteiger partial charge in [-0.15, -0.1) is 0 Å². The van der Waals surface area contributed by atoms with Crippen molar-refractivity contribution in [1.29, 1.82) is 0 Å². The number of amides is 3. The molecule has 0 fully saturated rings. The summed E-state index contributed by atoms with van der Waals surface area (Å²) in [6, 6.07) is 14.6. The van der Waals surface area contributed by atoms with Crippen molar-refractivity contribution in [3.05, 3.63) is 59.1 Å². The van der Waals surface area contributed by atoms with Crippen molar-refractivity contribution in [2.45, 2.75) is 6.54 Å². The van der Waals surface area contributed by atoms with E-state index in [0.29, 0.717) is 16.7 Å². The number of halogens is 1. The van der Waals surface area contributed by atoms with Gasteiger partial charge in [-0.2, -0.15) is 0 Å². The van der Waals surface area contributed by atoms with Gasteiger partial charge < -0.3 is 15.0 Å². The molecule has 2 aromatic carbocycles. The van der Waals surface area contributed by atoms with Crippen molar-refractivity contribution in [2.24, 2.45) is 0 Å². The minimum absolute atomic E-state index is 0.0622. The lowest BCUT2D eigenvalue weighted by atomic mass is 10.2. The van der Waals surface area contributed by atoms with E-state index < -0.39 is 6.09 Å². The lowest BCUT2D eigenvalue weighted by Crippen LogP contribution is -2.39. The largest absolute Gasteiger partial charge is 0.447 e. The Labute approximate surface area is 171 Å². The van der Waals surface area contributed by atoms with Gasteiger partial charge in [-0.1, -0.05) is 53.3 Å². The second-order valence-corrected chi connectivity index (χ2v) is 7.36. The molecule has 0 radical (unpaired) electrons.